The van der Waals surface area contributed by atoms with Crippen molar-refractivity contribution >= 4 is 37.5 Å². The van der Waals surface area contributed by atoms with Crippen molar-refractivity contribution in [3.63, 3.8) is 0 Å². The molecule has 1 amide bonds. The van der Waals surface area contributed by atoms with Gasteiger partial charge in [-0.3, -0.25) is 4.79 Å². The fourth-order valence-electron chi connectivity index (χ4n) is 2.80. The Morgan fingerprint density at radius 1 is 1.15 bits per heavy atom. The van der Waals surface area contributed by atoms with Crippen LogP contribution in [0.2, 0.25) is 0 Å². The summed E-state index contributed by atoms with van der Waals surface area (Å²) in [6.45, 7) is 7.73. The van der Waals surface area contributed by atoms with Crippen molar-refractivity contribution < 1.29 is 13.2 Å². The minimum atomic E-state index is -3.74. The molecule has 5 nitrogen and oxygen atoms in total. The summed E-state index contributed by atoms with van der Waals surface area (Å²) < 4.78 is 27.6. The minimum Gasteiger partial charge on any atom is -0.324 e. The highest BCUT2D eigenvalue weighted by Crippen LogP contribution is 2.27. The van der Waals surface area contributed by atoms with Crippen LogP contribution in [0.15, 0.2) is 51.8 Å². The molecule has 0 saturated heterocycles. The zero-order valence-electron chi connectivity index (χ0n) is 16.0. The van der Waals surface area contributed by atoms with Crippen molar-refractivity contribution in [2.24, 2.45) is 0 Å². The van der Waals surface area contributed by atoms with Gasteiger partial charge in [0.2, 0.25) is 15.9 Å². The van der Waals surface area contributed by atoms with Crippen molar-refractivity contribution in [3.05, 3.63) is 58.1 Å². The second-order valence-corrected chi connectivity index (χ2v) is 9.48. The summed E-state index contributed by atoms with van der Waals surface area (Å²) >= 11 is 3.30. The summed E-state index contributed by atoms with van der Waals surface area (Å²) in [6.07, 6.45) is 0. The highest BCUT2D eigenvalue weighted by molar-refractivity contribution is 9.10. The van der Waals surface area contributed by atoms with Gasteiger partial charge >= 0.3 is 0 Å². The van der Waals surface area contributed by atoms with Crippen LogP contribution in [-0.4, -0.2) is 31.7 Å². The van der Waals surface area contributed by atoms with Crippen LogP contribution in [0.25, 0.3) is 0 Å². The monoisotopic (exact) mass is 452 g/mol. The fourth-order valence-corrected chi connectivity index (χ4v) is 4.47. The van der Waals surface area contributed by atoms with Gasteiger partial charge in [0.1, 0.15) is 0 Å². The van der Waals surface area contributed by atoms with Crippen molar-refractivity contribution in [1.82, 2.24) is 4.31 Å². The molecule has 1 N–H and O–H groups in total. The molecule has 0 aliphatic rings. The van der Waals surface area contributed by atoms with Gasteiger partial charge in [-0.25, -0.2) is 8.42 Å². The normalized spacial score (nSPS) is 11.8. The van der Waals surface area contributed by atoms with Crippen LogP contribution in [0.5, 0.6) is 0 Å². The summed E-state index contributed by atoms with van der Waals surface area (Å²) in [4.78, 5) is 12.8. The topological polar surface area (TPSA) is 66.5 Å². The van der Waals surface area contributed by atoms with E-state index in [-0.39, 0.29) is 29.8 Å². The number of hydrogen-bond acceptors (Lipinski definition) is 3. The van der Waals surface area contributed by atoms with Gasteiger partial charge in [-0.05, 0) is 48.2 Å². The van der Waals surface area contributed by atoms with Crippen LogP contribution in [0, 0.1) is 6.92 Å². The molecule has 146 valence electrons. The van der Waals surface area contributed by atoms with Crippen molar-refractivity contribution in [2.45, 2.75) is 38.5 Å². The Bertz CT molecular complexity index is 909. The molecular formula is C20H25BrN2O3S. The van der Waals surface area contributed by atoms with E-state index in [1.54, 1.807) is 19.1 Å². The number of likely N-dealkylation sites (N-methyl/N-ethyl adjacent to an activating group) is 1. The van der Waals surface area contributed by atoms with Crippen LogP contribution < -0.4 is 5.32 Å². The summed E-state index contributed by atoms with van der Waals surface area (Å²) in [5.74, 6) is -0.109. The molecular weight excluding hydrogens is 428 g/mol. The zero-order valence-corrected chi connectivity index (χ0v) is 18.4. The van der Waals surface area contributed by atoms with Crippen LogP contribution in [-0.2, 0) is 14.8 Å². The van der Waals surface area contributed by atoms with Gasteiger partial charge in [-0.2, -0.15) is 4.31 Å². The molecule has 0 aromatic heterocycles. The third-order valence-corrected chi connectivity index (χ3v) is 6.78. The maximum Gasteiger partial charge on any atom is 0.243 e. The number of aryl methyl sites for hydroxylation is 1. The highest BCUT2D eigenvalue weighted by Gasteiger charge is 2.25. The van der Waals surface area contributed by atoms with E-state index >= 15 is 0 Å². The first-order valence-corrected chi connectivity index (χ1v) is 11.0. The van der Waals surface area contributed by atoms with Crippen LogP contribution in [0.1, 0.15) is 37.8 Å². The first kappa shape index (κ1) is 21.6. The smallest absolute Gasteiger partial charge is 0.243 e. The molecule has 0 aliphatic heterocycles. The minimum absolute atomic E-state index is 0.166. The first-order valence-electron chi connectivity index (χ1n) is 8.82. The van der Waals surface area contributed by atoms with E-state index in [2.05, 4.69) is 35.1 Å². The van der Waals surface area contributed by atoms with Gasteiger partial charge in [0.25, 0.3) is 0 Å². The summed E-state index contributed by atoms with van der Waals surface area (Å²) in [7, 11) is -3.74. The van der Waals surface area contributed by atoms with Crippen molar-refractivity contribution in [2.75, 3.05) is 18.4 Å². The molecule has 7 heteroatoms. The maximum absolute atomic E-state index is 12.8. The summed E-state index contributed by atoms with van der Waals surface area (Å²) in [6, 6.07) is 12.3. The van der Waals surface area contributed by atoms with Gasteiger partial charge in [0.15, 0.2) is 0 Å². The number of anilines is 1. The Labute approximate surface area is 170 Å². The van der Waals surface area contributed by atoms with Gasteiger partial charge in [0, 0.05) is 16.7 Å². The van der Waals surface area contributed by atoms with Gasteiger partial charge in [0.05, 0.1) is 11.4 Å². The molecule has 0 radical (unpaired) electrons. The van der Waals surface area contributed by atoms with E-state index in [1.807, 2.05) is 25.1 Å². The number of hydrogen-bond donors (Lipinski definition) is 1. The third kappa shape index (κ3) is 5.18. The predicted molar refractivity (Wildman–Crippen MR) is 112 cm³/mol. The Morgan fingerprint density at radius 2 is 1.78 bits per heavy atom. The molecule has 0 fully saturated rings. The average Bonchev–Trinajstić information content (AvgIpc) is 2.61. The van der Waals surface area contributed by atoms with Gasteiger partial charge < -0.3 is 5.32 Å². The van der Waals surface area contributed by atoms with E-state index in [0.717, 1.165) is 21.3 Å². The lowest BCUT2D eigenvalue weighted by Gasteiger charge is -2.22. The Balaban J connectivity index is 2.22. The molecule has 0 atom stereocenters. The number of nitrogens with zero attached hydrogens (tertiary/aromatic N) is 1. The Hall–Kier alpha value is -1.70. The van der Waals surface area contributed by atoms with Crippen LogP contribution in [0.3, 0.4) is 0 Å². The predicted octanol–water partition coefficient (Wildman–Crippen LogP) is 4.53. The third-order valence-electron chi connectivity index (χ3n) is 4.32. The number of benzene rings is 2. The lowest BCUT2D eigenvalue weighted by molar-refractivity contribution is -0.116. The number of rotatable bonds is 7. The Morgan fingerprint density at radius 3 is 2.33 bits per heavy atom. The summed E-state index contributed by atoms with van der Waals surface area (Å²) in [5.41, 5.74) is 2.74. The zero-order chi connectivity index (χ0) is 20.2. The SMILES string of the molecule is CCN(CC(=O)Nc1c(C)cccc1C(C)C)S(=O)(=O)c1ccc(Br)cc1. The quantitative estimate of drug-likeness (QED) is 0.670. The van der Waals surface area contributed by atoms with Crippen LogP contribution >= 0.6 is 15.9 Å². The van der Waals surface area contributed by atoms with Crippen molar-refractivity contribution in [3.8, 4) is 0 Å². The van der Waals surface area contributed by atoms with E-state index in [1.165, 1.54) is 16.4 Å². The lowest BCUT2D eigenvalue weighted by atomic mass is 9.98. The van der Waals surface area contributed by atoms with Crippen molar-refractivity contribution in [1.29, 1.82) is 0 Å². The maximum atomic E-state index is 12.8. The molecule has 0 saturated carbocycles. The fraction of sp³-hybridized carbons (Fsp3) is 0.350. The van der Waals surface area contributed by atoms with E-state index < -0.39 is 10.0 Å². The van der Waals surface area contributed by atoms with Crippen LogP contribution in [0.4, 0.5) is 5.69 Å². The molecule has 2 rings (SSSR count). The molecule has 0 heterocycles. The van der Waals surface area contributed by atoms with Gasteiger partial charge in [-0.15, -0.1) is 0 Å². The molecule has 2 aromatic carbocycles. The van der Waals surface area contributed by atoms with Gasteiger partial charge in [-0.1, -0.05) is 54.9 Å². The average molecular weight is 453 g/mol. The highest BCUT2D eigenvalue weighted by atomic mass is 79.9. The molecule has 2 aromatic rings. The number of amides is 1. The van der Waals surface area contributed by atoms with E-state index in [0.29, 0.717) is 0 Å². The number of halogens is 1. The lowest BCUT2D eigenvalue weighted by Crippen LogP contribution is -2.38. The molecule has 27 heavy (non-hydrogen) atoms. The van der Waals surface area contributed by atoms with E-state index in [4.69, 9.17) is 0 Å². The largest absolute Gasteiger partial charge is 0.324 e. The first-order chi connectivity index (χ1) is 12.7. The standard InChI is InChI=1S/C20H25BrN2O3S/c1-5-23(27(25,26)17-11-9-16(21)10-12-17)13-19(24)22-20-15(4)7-6-8-18(20)14(2)3/h6-12,14H,5,13H2,1-4H3,(H,22,24). The molecule has 0 spiro atoms. The number of para-hydroxylation sites is 1. The number of nitrogens with one attached hydrogen (secondary N) is 1. The Kier molecular flexibility index (Phi) is 7.19. The number of carbonyl (C=O) groups is 1. The molecule has 0 bridgehead atoms. The molecule has 0 aliphatic carbocycles. The number of sulfonamides is 1. The second-order valence-electron chi connectivity index (χ2n) is 6.63. The van der Waals surface area contributed by atoms with E-state index in [9.17, 15) is 13.2 Å². The summed E-state index contributed by atoms with van der Waals surface area (Å²) in [5, 5.41) is 2.91. The molecule has 0 unspecified atom stereocenters. The number of carbonyl (C=O) groups excluding carboxylic acids is 1. The second kappa shape index (κ2) is 8.99.